The first-order chi connectivity index (χ1) is 7.22. The average molecular weight is 199 g/mol. The molecule has 0 spiro atoms. The lowest BCUT2D eigenvalue weighted by atomic mass is 10.3. The van der Waals surface area contributed by atoms with Crippen LogP contribution in [0.15, 0.2) is 18.3 Å². The Morgan fingerprint density at radius 3 is 2.93 bits per heavy atom. The third-order valence-corrected chi connectivity index (χ3v) is 1.53. The molecule has 0 radical (unpaired) electrons. The van der Waals surface area contributed by atoms with Crippen LogP contribution in [0, 0.1) is 23.2 Å². The van der Waals surface area contributed by atoms with Crippen molar-refractivity contribution in [2.24, 2.45) is 0 Å². The second-order valence-electron chi connectivity index (χ2n) is 2.76. The van der Waals surface area contributed by atoms with E-state index in [1.807, 2.05) is 6.07 Å². The van der Waals surface area contributed by atoms with Gasteiger partial charge in [0, 0.05) is 13.1 Å². The number of aromatic nitrogens is 1. The van der Waals surface area contributed by atoms with Crippen molar-refractivity contribution in [3.63, 3.8) is 0 Å². The van der Waals surface area contributed by atoms with Gasteiger partial charge in [-0.2, -0.15) is 5.26 Å². The molecule has 1 N–H and O–H groups in total. The zero-order valence-electron chi connectivity index (χ0n) is 8.24. The molecule has 0 aliphatic heterocycles. The average Bonchev–Trinajstić information content (AvgIpc) is 2.25. The summed E-state index contributed by atoms with van der Waals surface area (Å²) >= 11 is 0. The minimum absolute atomic E-state index is 0.114. The number of hydrogen-bond donors (Lipinski definition) is 1. The molecule has 0 aliphatic rings. The van der Waals surface area contributed by atoms with Gasteiger partial charge in [-0.3, -0.25) is 4.79 Å². The fraction of sp³-hybridized carbons (Fsp3) is 0.182. The molecule has 74 valence electrons. The van der Waals surface area contributed by atoms with E-state index in [4.69, 9.17) is 5.26 Å². The van der Waals surface area contributed by atoms with Gasteiger partial charge in [-0.15, -0.1) is 0 Å². The molecule has 4 nitrogen and oxygen atoms in total. The Bertz CT molecular complexity index is 445. The van der Waals surface area contributed by atoms with Crippen LogP contribution in [0.1, 0.15) is 18.2 Å². The molecule has 0 saturated heterocycles. The molecule has 0 fully saturated rings. The van der Waals surface area contributed by atoms with Crippen LogP contribution < -0.4 is 5.32 Å². The van der Waals surface area contributed by atoms with Crippen molar-refractivity contribution in [2.45, 2.75) is 6.92 Å². The number of nitrogens with one attached hydrogen (secondary N) is 1. The van der Waals surface area contributed by atoms with E-state index in [1.165, 1.54) is 13.1 Å². The predicted octanol–water partition coefficient (Wildman–Crippen LogP) is 0.441. The van der Waals surface area contributed by atoms with Crippen LogP contribution in [-0.4, -0.2) is 17.4 Å². The van der Waals surface area contributed by atoms with Crippen LogP contribution in [-0.2, 0) is 4.79 Å². The third-order valence-electron chi connectivity index (χ3n) is 1.53. The summed E-state index contributed by atoms with van der Waals surface area (Å²) in [5.74, 6) is 5.40. The molecular formula is C11H9N3O. The lowest BCUT2D eigenvalue weighted by Gasteiger charge is -1.91. The van der Waals surface area contributed by atoms with Crippen molar-refractivity contribution in [2.75, 3.05) is 6.54 Å². The maximum absolute atomic E-state index is 10.5. The Balaban J connectivity index is 2.57. The monoisotopic (exact) mass is 199 g/mol. The summed E-state index contributed by atoms with van der Waals surface area (Å²) in [4.78, 5) is 14.5. The lowest BCUT2D eigenvalue weighted by molar-refractivity contribution is -0.118. The molecule has 15 heavy (non-hydrogen) atoms. The SMILES string of the molecule is CC(=O)NCC#Cc1ccc(C#N)cn1. The van der Waals surface area contributed by atoms with Gasteiger partial charge in [0.25, 0.3) is 0 Å². The first-order valence-corrected chi connectivity index (χ1v) is 4.32. The minimum atomic E-state index is -0.114. The molecule has 0 aromatic carbocycles. The zero-order chi connectivity index (χ0) is 11.1. The molecule has 0 bridgehead atoms. The second kappa shape index (κ2) is 5.41. The number of carbonyl (C=O) groups is 1. The maximum Gasteiger partial charge on any atom is 0.217 e. The minimum Gasteiger partial charge on any atom is -0.345 e. The van der Waals surface area contributed by atoms with E-state index in [9.17, 15) is 4.79 Å². The fourth-order valence-electron chi connectivity index (χ4n) is 0.837. The molecule has 1 amide bonds. The van der Waals surface area contributed by atoms with Crippen molar-refractivity contribution in [3.8, 4) is 17.9 Å². The summed E-state index contributed by atoms with van der Waals surface area (Å²) in [5, 5.41) is 11.1. The number of hydrogen-bond acceptors (Lipinski definition) is 3. The molecule has 4 heteroatoms. The van der Waals surface area contributed by atoms with E-state index in [2.05, 4.69) is 22.1 Å². The lowest BCUT2D eigenvalue weighted by Crippen LogP contribution is -2.19. The Kier molecular flexibility index (Phi) is 3.88. The maximum atomic E-state index is 10.5. The Morgan fingerprint density at radius 1 is 1.60 bits per heavy atom. The number of carbonyl (C=O) groups excluding carboxylic acids is 1. The molecule has 0 atom stereocenters. The van der Waals surface area contributed by atoms with Gasteiger partial charge in [-0.1, -0.05) is 5.92 Å². The number of amides is 1. The first kappa shape index (κ1) is 10.7. The van der Waals surface area contributed by atoms with Crippen molar-refractivity contribution >= 4 is 5.91 Å². The number of nitriles is 1. The van der Waals surface area contributed by atoms with Gasteiger partial charge in [-0.25, -0.2) is 4.98 Å². The largest absolute Gasteiger partial charge is 0.345 e. The zero-order valence-corrected chi connectivity index (χ0v) is 8.24. The third kappa shape index (κ3) is 3.93. The molecular weight excluding hydrogens is 190 g/mol. The van der Waals surface area contributed by atoms with E-state index >= 15 is 0 Å². The number of nitrogens with zero attached hydrogens (tertiary/aromatic N) is 2. The fourth-order valence-corrected chi connectivity index (χ4v) is 0.837. The van der Waals surface area contributed by atoms with Gasteiger partial charge in [-0.05, 0) is 18.1 Å². The molecule has 0 unspecified atom stereocenters. The van der Waals surface area contributed by atoms with E-state index in [0.29, 0.717) is 17.8 Å². The van der Waals surface area contributed by atoms with E-state index in [0.717, 1.165) is 0 Å². The topological polar surface area (TPSA) is 65.8 Å². The molecule has 1 rings (SSSR count). The van der Waals surface area contributed by atoms with Gasteiger partial charge >= 0.3 is 0 Å². The highest BCUT2D eigenvalue weighted by Gasteiger charge is 1.90. The Labute approximate surface area is 87.9 Å². The van der Waals surface area contributed by atoms with Crippen molar-refractivity contribution in [3.05, 3.63) is 29.6 Å². The van der Waals surface area contributed by atoms with E-state index < -0.39 is 0 Å². The van der Waals surface area contributed by atoms with Crippen LogP contribution >= 0.6 is 0 Å². The molecule has 1 heterocycles. The molecule has 1 aromatic rings. The van der Waals surface area contributed by atoms with Crippen LogP contribution in [0.2, 0.25) is 0 Å². The molecule has 1 aromatic heterocycles. The highest BCUT2D eigenvalue weighted by atomic mass is 16.1. The summed E-state index contributed by atoms with van der Waals surface area (Å²) in [6.07, 6.45) is 1.46. The van der Waals surface area contributed by atoms with Gasteiger partial charge in [0.1, 0.15) is 11.8 Å². The Hall–Kier alpha value is -2.33. The molecule has 0 aliphatic carbocycles. The standard InChI is InChI=1S/C11H9N3O/c1-9(15)13-6-2-3-11-5-4-10(7-12)8-14-11/h4-5,8H,6H2,1H3,(H,13,15). The van der Waals surface area contributed by atoms with Gasteiger partial charge < -0.3 is 5.32 Å². The summed E-state index contributed by atoms with van der Waals surface area (Å²) < 4.78 is 0. The smallest absolute Gasteiger partial charge is 0.217 e. The highest BCUT2D eigenvalue weighted by molar-refractivity contribution is 5.73. The summed E-state index contributed by atoms with van der Waals surface area (Å²) in [6, 6.07) is 5.28. The first-order valence-electron chi connectivity index (χ1n) is 4.32. The number of rotatable bonds is 1. The van der Waals surface area contributed by atoms with Crippen molar-refractivity contribution in [1.82, 2.24) is 10.3 Å². The summed E-state index contributed by atoms with van der Waals surface area (Å²) in [6.45, 7) is 1.73. The van der Waals surface area contributed by atoms with Gasteiger partial charge in [0.2, 0.25) is 5.91 Å². The highest BCUT2D eigenvalue weighted by Crippen LogP contribution is 1.96. The van der Waals surface area contributed by atoms with Gasteiger partial charge in [0.15, 0.2) is 0 Å². The summed E-state index contributed by atoms with van der Waals surface area (Å²) in [7, 11) is 0. The van der Waals surface area contributed by atoms with Crippen molar-refractivity contribution < 1.29 is 4.79 Å². The van der Waals surface area contributed by atoms with E-state index in [1.54, 1.807) is 12.1 Å². The number of pyridine rings is 1. The van der Waals surface area contributed by atoms with Crippen LogP contribution in [0.5, 0.6) is 0 Å². The molecule has 0 saturated carbocycles. The van der Waals surface area contributed by atoms with Crippen molar-refractivity contribution in [1.29, 1.82) is 5.26 Å². The second-order valence-corrected chi connectivity index (χ2v) is 2.76. The quantitative estimate of drug-likeness (QED) is 0.667. The summed E-state index contributed by atoms with van der Waals surface area (Å²) in [5.41, 5.74) is 1.08. The normalized spacial score (nSPS) is 8.27. The van der Waals surface area contributed by atoms with Crippen LogP contribution in [0.3, 0.4) is 0 Å². The van der Waals surface area contributed by atoms with E-state index in [-0.39, 0.29) is 5.91 Å². The Morgan fingerprint density at radius 2 is 2.40 bits per heavy atom. The van der Waals surface area contributed by atoms with Gasteiger partial charge in [0.05, 0.1) is 12.1 Å². The van der Waals surface area contributed by atoms with Crippen LogP contribution in [0.4, 0.5) is 0 Å². The van der Waals surface area contributed by atoms with Crippen LogP contribution in [0.25, 0.3) is 0 Å². The predicted molar refractivity (Wildman–Crippen MR) is 54.5 cm³/mol.